The van der Waals surface area contributed by atoms with E-state index in [9.17, 15) is 0 Å². The predicted octanol–water partition coefficient (Wildman–Crippen LogP) is 3.83. The molecule has 1 aromatic carbocycles. The molecule has 110 valence electrons. The van der Waals surface area contributed by atoms with Gasteiger partial charge < -0.3 is 10.2 Å². The largest absolute Gasteiger partial charge is 0.371 e. The Labute approximate surface area is 123 Å². The average molecular weight is 272 g/mol. The second-order valence-corrected chi connectivity index (χ2v) is 6.49. The van der Waals surface area contributed by atoms with Crippen LogP contribution in [0.3, 0.4) is 0 Å². The lowest BCUT2D eigenvalue weighted by Gasteiger charge is -2.34. The van der Waals surface area contributed by atoms with Crippen molar-refractivity contribution in [2.45, 2.75) is 51.0 Å². The second kappa shape index (κ2) is 7.12. The smallest absolute Gasteiger partial charge is 0.0366 e. The van der Waals surface area contributed by atoms with Crippen molar-refractivity contribution >= 4 is 5.69 Å². The van der Waals surface area contributed by atoms with Gasteiger partial charge in [0.2, 0.25) is 0 Å². The number of nitrogens with one attached hydrogen (secondary N) is 1. The zero-order chi connectivity index (χ0) is 13.6. The van der Waals surface area contributed by atoms with Crippen LogP contribution >= 0.6 is 0 Å². The van der Waals surface area contributed by atoms with Gasteiger partial charge in [0.15, 0.2) is 0 Å². The first-order valence-corrected chi connectivity index (χ1v) is 8.45. The lowest BCUT2D eigenvalue weighted by molar-refractivity contribution is 0.388. The minimum absolute atomic E-state index is 0.747. The lowest BCUT2D eigenvalue weighted by atomic mass is 10.0. The number of rotatable bonds is 5. The molecule has 0 bridgehead atoms. The topological polar surface area (TPSA) is 15.3 Å². The SMILES string of the molecule is c1ccc(N2CCC(NCCC3CCCC3)CC2)cc1. The van der Waals surface area contributed by atoms with Crippen LogP contribution in [0, 0.1) is 5.92 Å². The fourth-order valence-electron chi connectivity index (χ4n) is 3.77. The highest BCUT2D eigenvalue weighted by Crippen LogP contribution is 2.27. The standard InChI is InChI=1S/C18H28N2/c1-2-8-18(9-3-1)20-14-11-17(12-15-20)19-13-10-16-6-4-5-7-16/h1-3,8-9,16-17,19H,4-7,10-15H2. The van der Waals surface area contributed by atoms with Gasteiger partial charge in [-0.05, 0) is 43.9 Å². The van der Waals surface area contributed by atoms with E-state index in [2.05, 4.69) is 40.5 Å². The van der Waals surface area contributed by atoms with Crippen LogP contribution in [-0.2, 0) is 0 Å². The maximum absolute atomic E-state index is 3.79. The predicted molar refractivity (Wildman–Crippen MR) is 86.3 cm³/mol. The van der Waals surface area contributed by atoms with Crippen molar-refractivity contribution in [3.8, 4) is 0 Å². The first-order chi connectivity index (χ1) is 9.92. The van der Waals surface area contributed by atoms with Crippen LogP contribution < -0.4 is 10.2 Å². The summed E-state index contributed by atoms with van der Waals surface area (Å²) in [4.78, 5) is 2.52. The Balaban J connectivity index is 1.36. The molecule has 2 aliphatic rings. The van der Waals surface area contributed by atoms with E-state index in [0.717, 1.165) is 12.0 Å². The third kappa shape index (κ3) is 3.76. The van der Waals surface area contributed by atoms with Crippen molar-refractivity contribution in [1.29, 1.82) is 0 Å². The summed E-state index contributed by atoms with van der Waals surface area (Å²) in [6.07, 6.45) is 9.89. The molecule has 2 heteroatoms. The van der Waals surface area contributed by atoms with Crippen LogP contribution in [0.1, 0.15) is 44.9 Å². The van der Waals surface area contributed by atoms with Crippen LogP contribution in [0.2, 0.25) is 0 Å². The molecule has 1 N–H and O–H groups in total. The average Bonchev–Trinajstić information content (AvgIpc) is 3.02. The van der Waals surface area contributed by atoms with Gasteiger partial charge in [-0.15, -0.1) is 0 Å². The minimum Gasteiger partial charge on any atom is -0.371 e. The number of hydrogen-bond donors (Lipinski definition) is 1. The molecule has 0 spiro atoms. The first-order valence-electron chi connectivity index (χ1n) is 8.45. The van der Waals surface area contributed by atoms with E-state index in [1.165, 1.54) is 70.3 Å². The van der Waals surface area contributed by atoms with Crippen molar-refractivity contribution in [1.82, 2.24) is 5.32 Å². The monoisotopic (exact) mass is 272 g/mol. The summed E-state index contributed by atoms with van der Waals surface area (Å²) in [5.74, 6) is 1.02. The maximum atomic E-state index is 3.79. The fraction of sp³-hybridized carbons (Fsp3) is 0.667. The third-order valence-electron chi connectivity index (χ3n) is 5.08. The van der Waals surface area contributed by atoms with Gasteiger partial charge in [0.1, 0.15) is 0 Å². The van der Waals surface area contributed by atoms with Gasteiger partial charge in [-0.25, -0.2) is 0 Å². The van der Waals surface area contributed by atoms with Crippen LogP contribution in [0.25, 0.3) is 0 Å². The van der Waals surface area contributed by atoms with Gasteiger partial charge in [-0.1, -0.05) is 43.9 Å². The summed E-state index contributed by atoms with van der Waals surface area (Å²) in [5, 5.41) is 3.79. The molecule has 20 heavy (non-hydrogen) atoms. The molecular formula is C18H28N2. The molecule has 0 amide bonds. The van der Waals surface area contributed by atoms with E-state index in [1.807, 2.05) is 0 Å². The van der Waals surface area contributed by atoms with Crippen LogP contribution in [0.15, 0.2) is 30.3 Å². The van der Waals surface area contributed by atoms with E-state index in [-0.39, 0.29) is 0 Å². The van der Waals surface area contributed by atoms with Gasteiger partial charge >= 0.3 is 0 Å². The molecule has 1 saturated carbocycles. The van der Waals surface area contributed by atoms with Gasteiger partial charge in [0.25, 0.3) is 0 Å². The van der Waals surface area contributed by atoms with Gasteiger partial charge in [0, 0.05) is 24.8 Å². The summed E-state index contributed by atoms with van der Waals surface area (Å²) in [6.45, 7) is 3.64. The summed E-state index contributed by atoms with van der Waals surface area (Å²) < 4.78 is 0. The highest BCUT2D eigenvalue weighted by atomic mass is 15.1. The van der Waals surface area contributed by atoms with Crippen LogP contribution in [0.5, 0.6) is 0 Å². The summed E-state index contributed by atoms with van der Waals surface area (Å²) in [5.41, 5.74) is 1.39. The summed E-state index contributed by atoms with van der Waals surface area (Å²) >= 11 is 0. The minimum atomic E-state index is 0.747. The molecule has 2 nitrogen and oxygen atoms in total. The Hall–Kier alpha value is -1.02. The van der Waals surface area contributed by atoms with E-state index in [0.29, 0.717) is 0 Å². The van der Waals surface area contributed by atoms with Crippen molar-refractivity contribution in [2.75, 3.05) is 24.5 Å². The molecule has 3 rings (SSSR count). The molecule has 2 fully saturated rings. The van der Waals surface area contributed by atoms with E-state index in [4.69, 9.17) is 0 Å². The van der Waals surface area contributed by atoms with E-state index in [1.54, 1.807) is 0 Å². The molecule has 0 aromatic heterocycles. The Bertz CT molecular complexity index is 376. The van der Waals surface area contributed by atoms with Crippen LogP contribution in [0.4, 0.5) is 5.69 Å². The van der Waals surface area contributed by atoms with Crippen molar-refractivity contribution < 1.29 is 0 Å². The van der Waals surface area contributed by atoms with Gasteiger partial charge in [0.05, 0.1) is 0 Å². The van der Waals surface area contributed by atoms with Gasteiger partial charge in [-0.3, -0.25) is 0 Å². The number of benzene rings is 1. The van der Waals surface area contributed by atoms with E-state index < -0.39 is 0 Å². The quantitative estimate of drug-likeness (QED) is 0.876. The molecule has 1 saturated heterocycles. The molecule has 0 radical (unpaired) electrons. The highest BCUT2D eigenvalue weighted by molar-refractivity contribution is 5.46. The Morgan fingerprint density at radius 2 is 1.65 bits per heavy atom. The molecule has 1 aliphatic heterocycles. The Morgan fingerprint density at radius 1 is 0.950 bits per heavy atom. The Kier molecular flexibility index (Phi) is 4.96. The van der Waals surface area contributed by atoms with Gasteiger partial charge in [-0.2, -0.15) is 0 Å². The molecule has 0 unspecified atom stereocenters. The third-order valence-corrected chi connectivity index (χ3v) is 5.08. The van der Waals surface area contributed by atoms with Crippen molar-refractivity contribution in [3.63, 3.8) is 0 Å². The zero-order valence-corrected chi connectivity index (χ0v) is 12.6. The van der Waals surface area contributed by atoms with Crippen molar-refractivity contribution in [2.24, 2.45) is 5.92 Å². The second-order valence-electron chi connectivity index (χ2n) is 6.49. The fourth-order valence-corrected chi connectivity index (χ4v) is 3.77. The molecule has 1 aromatic rings. The zero-order valence-electron chi connectivity index (χ0n) is 12.6. The first kappa shape index (κ1) is 13.9. The molecular weight excluding hydrogens is 244 g/mol. The highest BCUT2D eigenvalue weighted by Gasteiger charge is 2.20. The molecule has 1 aliphatic carbocycles. The maximum Gasteiger partial charge on any atom is 0.0366 e. The normalized spacial score (nSPS) is 21.5. The number of nitrogens with zero attached hydrogens (tertiary/aromatic N) is 1. The number of anilines is 1. The van der Waals surface area contributed by atoms with E-state index >= 15 is 0 Å². The number of para-hydroxylation sites is 1. The molecule has 1 heterocycles. The molecule has 0 atom stereocenters. The summed E-state index contributed by atoms with van der Waals surface area (Å²) in [6, 6.07) is 11.6. The van der Waals surface area contributed by atoms with Crippen molar-refractivity contribution in [3.05, 3.63) is 30.3 Å². The van der Waals surface area contributed by atoms with Crippen LogP contribution in [-0.4, -0.2) is 25.7 Å². The lowest BCUT2D eigenvalue weighted by Crippen LogP contribution is -2.43. The Morgan fingerprint density at radius 3 is 2.35 bits per heavy atom. The number of hydrogen-bond acceptors (Lipinski definition) is 2. The summed E-state index contributed by atoms with van der Waals surface area (Å²) in [7, 11) is 0. The number of piperidine rings is 1.